The number of ether oxygens (including phenoxy) is 1. The van der Waals surface area contributed by atoms with Crippen molar-refractivity contribution in [3.05, 3.63) is 65.2 Å². The van der Waals surface area contributed by atoms with Crippen LogP contribution in [0.4, 0.5) is 0 Å². The molecule has 0 aromatic heterocycles. The molecule has 0 saturated carbocycles. The van der Waals surface area contributed by atoms with Gasteiger partial charge in [0, 0.05) is 11.5 Å². The highest BCUT2D eigenvalue weighted by molar-refractivity contribution is 6.01. The third-order valence-corrected chi connectivity index (χ3v) is 3.59. The molecule has 2 rings (SSSR count). The molecule has 0 aliphatic heterocycles. The van der Waals surface area contributed by atoms with Crippen molar-refractivity contribution in [3.63, 3.8) is 0 Å². The first-order valence-corrected chi connectivity index (χ1v) is 7.08. The smallest absolute Gasteiger partial charge is 0.337 e. The van der Waals surface area contributed by atoms with E-state index in [4.69, 9.17) is 4.74 Å². The van der Waals surface area contributed by atoms with Crippen LogP contribution in [0.15, 0.2) is 48.5 Å². The van der Waals surface area contributed by atoms with Crippen molar-refractivity contribution in [3.8, 4) is 5.75 Å². The summed E-state index contributed by atoms with van der Waals surface area (Å²) in [5, 5.41) is 9.31. The molecule has 4 nitrogen and oxygen atoms in total. The van der Waals surface area contributed by atoms with Crippen LogP contribution in [0.25, 0.3) is 0 Å². The molecule has 0 radical (unpaired) electrons. The Morgan fingerprint density at radius 3 is 2.36 bits per heavy atom. The Morgan fingerprint density at radius 2 is 1.77 bits per heavy atom. The number of benzene rings is 2. The lowest BCUT2D eigenvalue weighted by Gasteiger charge is -2.15. The van der Waals surface area contributed by atoms with Gasteiger partial charge in [-0.3, -0.25) is 4.79 Å². The number of hydrogen-bond donors (Lipinski definition) is 1. The number of aromatic hydroxyl groups is 1. The van der Waals surface area contributed by atoms with Crippen molar-refractivity contribution >= 4 is 11.8 Å². The molecule has 0 spiro atoms. The number of hydrogen-bond acceptors (Lipinski definition) is 4. The minimum Gasteiger partial charge on any atom is -0.508 e. The largest absolute Gasteiger partial charge is 0.508 e. The highest BCUT2D eigenvalue weighted by Gasteiger charge is 2.21. The number of phenolic OH excluding ortho intramolecular Hbond substituents is 1. The van der Waals surface area contributed by atoms with Crippen molar-refractivity contribution in [2.75, 3.05) is 7.11 Å². The van der Waals surface area contributed by atoms with Crippen LogP contribution in [0.3, 0.4) is 0 Å². The summed E-state index contributed by atoms with van der Waals surface area (Å²) in [6.07, 6.45) is 0.615. The van der Waals surface area contributed by atoms with Gasteiger partial charge in [0.2, 0.25) is 0 Å². The van der Waals surface area contributed by atoms with Gasteiger partial charge in [-0.2, -0.15) is 0 Å². The summed E-state index contributed by atoms with van der Waals surface area (Å²) in [5.41, 5.74) is 1.74. The molecule has 0 heterocycles. The summed E-state index contributed by atoms with van der Waals surface area (Å²) >= 11 is 0. The Labute approximate surface area is 129 Å². The molecule has 0 fully saturated rings. The zero-order valence-corrected chi connectivity index (χ0v) is 12.6. The summed E-state index contributed by atoms with van der Waals surface area (Å²) in [5.74, 6) is -0.676. The fourth-order valence-electron chi connectivity index (χ4n) is 2.40. The normalized spacial score (nSPS) is 11.7. The number of methoxy groups -OCH3 is 1. The van der Waals surface area contributed by atoms with Crippen LogP contribution in [0.5, 0.6) is 5.75 Å². The zero-order chi connectivity index (χ0) is 16.1. The summed E-state index contributed by atoms with van der Waals surface area (Å²) in [6, 6.07) is 13.1. The summed E-state index contributed by atoms with van der Waals surface area (Å²) in [4.78, 5) is 24.3. The van der Waals surface area contributed by atoms with E-state index in [1.807, 2.05) is 13.0 Å². The summed E-state index contributed by atoms with van der Waals surface area (Å²) < 4.78 is 4.71. The predicted octanol–water partition coefficient (Wildman–Crippen LogP) is 3.56. The number of rotatable bonds is 5. The Hall–Kier alpha value is -2.62. The lowest BCUT2D eigenvalue weighted by Crippen LogP contribution is -2.13. The fourth-order valence-corrected chi connectivity index (χ4v) is 2.40. The maximum Gasteiger partial charge on any atom is 0.337 e. The molecule has 0 amide bonds. The lowest BCUT2D eigenvalue weighted by molar-refractivity contribution is 0.0600. The highest BCUT2D eigenvalue weighted by Crippen LogP contribution is 2.26. The molecule has 114 valence electrons. The zero-order valence-electron chi connectivity index (χ0n) is 12.6. The van der Waals surface area contributed by atoms with Crippen molar-refractivity contribution in [2.45, 2.75) is 19.3 Å². The molecule has 22 heavy (non-hydrogen) atoms. The number of carbonyl (C=O) groups is 2. The van der Waals surface area contributed by atoms with Crippen LogP contribution < -0.4 is 0 Å². The van der Waals surface area contributed by atoms with Crippen molar-refractivity contribution < 1.29 is 19.4 Å². The van der Waals surface area contributed by atoms with E-state index >= 15 is 0 Å². The van der Waals surface area contributed by atoms with E-state index in [0.717, 1.165) is 5.56 Å². The van der Waals surface area contributed by atoms with Gasteiger partial charge in [0.1, 0.15) is 5.75 Å². The molecule has 0 saturated heterocycles. The SMILES string of the molecule is CCC(C(=O)c1ccc(O)cc1)c1cccc(C(=O)OC)c1. The van der Waals surface area contributed by atoms with Crippen LogP contribution in [-0.2, 0) is 4.74 Å². The molecule has 1 N–H and O–H groups in total. The van der Waals surface area contributed by atoms with Crippen LogP contribution >= 0.6 is 0 Å². The Balaban J connectivity index is 2.33. The number of carbonyl (C=O) groups excluding carboxylic acids is 2. The third kappa shape index (κ3) is 3.34. The van der Waals surface area contributed by atoms with Gasteiger partial charge in [-0.15, -0.1) is 0 Å². The molecular formula is C18H18O4. The second kappa shape index (κ2) is 6.89. The van der Waals surface area contributed by atoms with Crippen LogP contribution in [0.2, 0.25) is 0 Å². The van der Waals surface area contributed by atoms with Gasteiger partial charge < -0.3 is 9.84 Å². The first kappa shape index (κ1) is 15.8. The topological polar surface area (TPSA) is 63.6 Å². The maximum absolute atomic E-state index is 12.6. The molecule has 1 unspecified atom stereocenters. The van der Waals surface area contributed by atoms with E-state index in [9.17, 15) is 14.7 Å². The van der Waals surface area contributed by atoms with E-state index in [-0.39, 0.29) is 17.5 Å². The average Bonchev–Trinajstić information content (AvgIpc) is 2.55. The number of phenols is 1. The molecule has 1 atom stereocenters. The van der Waals surface area contributed by atoms with Crippen LogP contribution in [-0.4, -0.2) is 24.0 Å². The van der Waals surface area contributed by atoms with Crippen LogP contribution in [0, 0.1) is 0 Å². The van der Waals surface area contributed by atoms with Gasteiger partial charge in [0.05, 0.1) is 12.7 Å². The summed E-state index contributed by atoms with van der Waals surface area (Å²) in [6.45, 7) is 1.92. The van der Waals surface area contributed by atoms with Crippen molar-refractivity contribution in [1.29, 1.82) is 0 Å². The quantitative estimate of drug-likeness (QED) is 0.677. The molecule has 0 aliphatic rings. The lowest BCUT2D eigenvalue weighted by atomic mass is 9.88. The molecule has 0 aliphatic carbocycles. The average molecular weight is 298 g/mol. The van der Waals surface area contributed by atoms with E-state index in [1.165, 1.54) is 19.2 Å². The second-order valence-corrected chi connectivity index (χ2v) is 4.99. The van der Waals surface area contributed by atoms with Gasteiger partial charge in [-0.25, -0.2) is 4.79 Å². The minimum atomic E-state index is -0.422. The fraction of sp³-hybridized carbons (Fsp3) is 0.222. The van der Waals surface area contributed by atoms with Gasteiger partial charge in [-0.1, -0.05) is 19.1 Å². The molecular weight excluding hydrogens is 280 g/mol. The Bertz CT molecular complexity index is 674. The Morgan fingerprint density at radius 1 is 1.09 bits per heavy atom. The number of ketones is 1. The van der Waals surface area contributed by atoms with E-state index in [0.29, 0.717) is 17.5 Å². The van der Waals surface area contributed by atoms with E-state index < -0.39 is 5.97 Å². The van der Waals surface area contributed by atoms with Gasteiger partial charge in [-0.05, 0) is 48.4 Å². The molecule has 2 aromatic rings. The summed E-state index contributed by atoms with van der Waals surface area (Å²) in [7, 11) is 1.33. The maximum atomic E-state index is 12.6. The minimum absolute atomic E-state index is 0.0375. The van der Waals surface area contributed by atoms with Gasteiger partial charge >= 0.3 is 5.97 Å². The third-order valence-electron chi connectivity index (χ3n) is 3.59. The van der Waals surface area contributed by atoms with Gasteiger partial charge in [0.15, 0.2) is 5.78 Å². The highest BCUT2D eigenvalue weighted by atomic mass is 16.5. The predicted molar refractivity (Wildman–Crippen MR) is 83.3 cm³/mol. The number of esters is 1. The van der Waals surface area contributed by atoms with Crippen LogP contribution in [0.1, 0.15) is 45.5 Å². The number of Topliss-reactive ketones (excluding diaryl/α,β-unsaturated/α-hetero) is 1. The van der Waals surface area contributed by atoms with E-state index in [2.05, 4.69) is 0 Å². The monoisotopic (exact) mass is 298 g/mol. The van der Waals surface area contributed by atoms with E-state index in [1.54, 1.807) is 30.3 Å². The van der Waals surface area contributed by atoms with Crippen molar-refractivity contribution in [1.82, 2.24) is 0 Å². The second-order valence-electron chi connectivity index (χ2n) is 4.99. The molecule has 0 bridgehead atoms. The first-order chi connectivity index (χ1) is 10.6. The van der Waals surface area contributed by atoms with Gasteiger partial charge in [0.25, 0.3) is 0 Å². The molecule has 2 aromatic carbocycles. The first-order valence-electron chi connectivity index (χ1n) is 7.08. The molecule has 4 heteroatoms. The standard InChI is InChI=1S/C18H18O4/c1-3-16(17(20)12-7-9-15(19)10-8-12)13-5-4-6-14(11-13)18(21)22-2/h4-11,16,19H,3H2,1-2H3. The Kier molecular flexibility index (Phi) is 4.94. The van der Waals surface area contributed by atoms with Crippen molar-refractivity contribution in [2.24, 2.45) is 0 Å².